The van der Waals surface area contributed by atoms with E-state index >= 15 is 0 Å². The van der Waals surface area contributed by atoms with E-state index in [0.29, 0.717) is 18.9 Å². The molecule has 3 rings (SSSR count). The lowest BCUT2D eigenvalue weighted by Gasteiger charge is -2.49. The highest BCUT2D eigenvalue weighted by Gasteiger charge is 2.49. The number of hydrogen-bond acceptors (Lipinski definition) is 6. The predicted octanol–water partition coefficient (Wildman–Crippen LogP) is 8.80. The fourth-order valence-electron chi connectivity index (χ4n) is 6.68. The quantitative estimate of drug-likeness (QED) is 0.110. The van der Waals surface area contributed by atoms with E-state index in [1.165, 1.54) is 10.5 Å². The zero-order chi connectivity index (χ0) is 28.1. The first-order chi connectivity index (χ1) is 17.8. The molecule has 0 bridgehead atoms. The highest BCUT2D eigenvalue weighted by molar-refractivity contribution is 9.11. The molecule has 0 radical (unpaired) electrons. The van der Waals surface area contributed by atoms with Gasteiger partial charge in [-0.3, -0.25) is 0 Å². The SMILES string of the molecule is CCC(/C=C1/CCC(C)C(C(O)CC2(C)CCC[C@H]2OC(C)(C)OF)C1(C)C)=N\OCCc1ccc(Br)s1. The summed E-state index contributed by atoms with van der Waals surface area (Å²) in [4.78, 5) is 11.0. The minimum absolute atomic E-state index is 0.0994. The Labute approximate surface area is 241 Å². The number of aliphatic hydroxyl groups excluding tert-OH is 1. The molecular weight excluding hydrogens is 569 g/mol. The predicted molar refractivity (Wildman–Crippen MR) is 157 cm³/mol. The Kier molecular flexibility index (Phi) is 11.1. The lowest BCUT2D eigenvalue weighted by Crippen LogP contribution is -2.47. The van der Waals surface area contributed by atoms with E-state index in [9.17, 15) is 9.63 Å². The van der Waals surface area contributed by atoms with Crippen LogP contribution in [0.25, 0.3) is 0 Å². The van der Waals surface area contributed by atoms with Gasteiger partial charge in [-0.15, -0.1) is 11.3 Å². The van der Waals surface area contributed by atoms with Crippen LogP contribution in [0.15, 0.2) is 32.7 Å². The first kappa shape index (κ1) is 31.7. The van der Waals surface area contributed by atoms with Crippen LogP contribution in [-0.4, -0.2) is 35.4 Å². The van der Waals surface area contributed by atoms with Crippen molar-refractivity contribution < 1.29 is 24.1 Å². The lowest BCUT2D eigenvalue weighted by atomic mass is 9.58. The molecule has 0 spiro atoms. The van der Waals surface area contributed by atoms with E-state index in [4.69, 9.17) is 9.57 Å². The third-order valence-corrected chi connectivity index (χ3v) is 10.5. The van der Waals surface area contributed by atoms with Crippen molar-refractivity contribution >= 4 is 33.0 Å². The lowest BCUT2D eigenvalue weighted by molar-refractivity contribution is -0.348. The molecule has 1 aromatic heterocycles. The number of thiophene rings is 1. The van der Waals surface area contributed by atoms with Gasteiger partial charge in [-0.05, 0) is 114 Å². The Balaban J connectivity index is 1.70. The molecule has 2 aliphatic rings. The molecule has 2 aliphatic carbocycles. The van der Waals surface area contributed by atoms with Crippen LogP contribution in [-0.2, 0) is 20.9 Å². The summed E-state index contributed by atoms with van der Waals surface area (Å²) in [5, 5.41) is 16.2. The minimum Gasteiger partial charge on any atom is -0.395 e. The molecular formula is C30H47BrFNO4S. The number of aliphatic hydroxyl groups is 1. The van der Waals surface area contributed by atoms with Crippen LogP contribution >= 0.6 is 27.3 Å². The van der Waals surface area contributed by atoms with Gasteiger partial charge in [0.1, 0.15) is 6.61 Å². The third-order valence-electron chi connectivity index (χ3n) is 8.79. The molecule has 0 aliphatic heterocycles. The van der Waals surface area contributed by atoms with Gasteiger partial charge in [0, 0.05) is 11.3 Å². The van der Waals surface area contributed by atoms with Crippen LogP contribution in [0.5, 0.6) is 0 Å². The van der Waals surface area contributed by atoms with Gasteiger partial charge in [-0.1, -0.05) is 51.8 Å². The Morgan fingerprint density at radius 3 is 2.68 bits per heavy atom. The van der Waals surface area contributed by atoms with Crippen molar-refractivity contribution in [3.8, 4) is 0 Å². The molecule has 5 nitrogen and oxygen atoms in total. The third kappa shape index (κ3) is 7.90. The molecule has 38 heavy (non-hydrogen) atoms. The number of ether oxygens (including phenoxy) is 1. The maximum Gasteiger partial charge on any atom is 0.201 e. The minimum atomic E-state index is -1.28. The highest BCUT2D eigenvalue weighted by Crippen LogP contribution is 2.53. The Morgan fingerprint density at radius 2 is 2.05 bits per heavy atom. The van der Waals surface area contributed by atoms with E-state index in [2.05, 4.69) is 78.9 Å². The standard InChI is InChI=1S/C30H47BrFNO4S/c1-8-22(33-35-17-15-23-13-14-26(31)38-23)18-21-12-11-20(2)27(28(21,3)4)24(34)19-30(7)16-9-10-25(30)36-29(5,6)37-32/h13-14,18,20,24-25,27,34H,8-12,15-17,19H2,1-7H3/b21-18-,33-22+/t20?,24?,25-,27?,30?/m1/s1. The van der Waals surface area contributed by atoms with Crippen molar-refractivity contribution in [3.63, 3.8) is 0 Å². The first-order valence-corrected chi connectivity index (χ1v) is 15.7. The van der Waals surface area contributed by atoms with E-state index in [1.54, 1.807) is 25.2 Å². The molecule has 216 valence electrons. The molecule has 1 heterocycles. The van der Waals surface area contributed by atoms with Crippen molar-refractivity contribution in [3.05, 3.63) is 32.4 Å². The second kappa shape index (κ2) is 13.2. The summed E-state index contributed by atoms with van der Waals surface area (Å²) in [5.41, 5.74) is 1.84. The van der Waals surface area contributed by atoms with E-state index in [0.717, 1.165) is 54.4 Å². The van der Waals surface area contributed by atoms with Crippen LogP contribution in [0.3, 0.4) is 0 Å². The molecule has 1 N–H and O–H groups in total. The number of nitrogens with zero attached hydrogens (tertiary/aromatic N) is 1. The molecule has 2 fully saturated rings. The number of oxime groups is 1. The van der Waals surface area contributed by atoms with E-state index in [-0.39, 0.29) is 22.9 Å². The van der Waals surface area contributed by atoms with Crippen LogP contribution in [0.1, 0.15) is 98.3 Å². The van der Waals surface area contributed by atoms with Gasteiger partial charge in [-0.25, -0.2) is 0 Å². The fourth-order valence-corrected chi connectivity index (χ4v) is 8.15. The van der Waals surface area contributed by atoms with Crippen molar-refractivity contribution in [2.45, 2.75) is 118 Å². The fraction of sp³-hybridized carbons (Fsp3) is 0.767. The second-order valence-electron chi connectivity index (χ2n) is 12.6. The maximum absolute atomic E-state index is 13.0. The summed E-state index contributed by atoms with van der Waals surface area (Å²) in [6.07, 6.45) is 8.65. The number of allylic oxidation sites excluding steroid dienone is 2. The Morgan fingerprint density at radius 1 is 1.32 bits per heavy atom. The van der Waals surface area contributed by atoms with Crippen LogP contribution in [0.2, 0.25) is 0 Å². The van der Waals surface area contributed by atoms with Crippen LogP contribution in [0.4, 0.5) is 4.53 Å². The number of halogens is 2. The highest BCUT2D eigenvalue weighted by atomic mass is 79.9. The zero-order valence-electron chi connectivity index (χ0n) is 24.2. The second-order valence-corrected chi connectivity index (χ2v) is 15.1. The van der Waals surface area contributed by atoms with Crippen LogP contribution in [0, 0.1) is 22.7 Å². The van der Waals surface area contributed by atoms with Crippen molar-refractivity contribution in [2.24, 2.45) is 27.8 Å². The summed E-state index contributed by atoms with van der Waals surface area (Å²) < 4.78 is 20.2. The first-order valence-electron chi connectivity index (χ1n) is 14.1. The van der Waals surface area contributed by atoms with Gasteiger partial charge in [0.15, 0.2) is 0 Å². The number of hydrogen-bond donors (Lipinski definition) is 1. The monoisotopic (exact) mass is 615 g/mol. The average Bonchev–Trinajstić information content (AvgIpc) is 3.41. The van der Waals surface area contributed by atoms with Gasteiger partial charge < -0.3 is 14.7 Å². The molecule has 0 amide bonds. The van der Waals surface area contributed by atoms with Gasteiger partial charge >= 0.3 is 0 Å². The molecule has 0 aromatic carbocycles. The summed E-state index contributed by atoms with van der Waals surface area (Å²) in [5.74, 6) is -0.801. The van der Waals surface area contributed by atoms with Crippen LogP contribution < -0.4 is 0 Å². The van der Waals surface area contributed by atoms with Crippen molar-refractivity contribution in [1.82, 2.24) is 0 Å². The van der Waals surface area contributed by atoms with Crippen molar-refractivity contribution in [2.75, 3.05) is 6.61 Å². The van der Waals surface area contributed by atoms with Gasteiger partial charge in [0.2, 0.25) is 5.79 Å². The van der Waals surface area contributed by atoms with Gasteiger partial charge in [0.25, 0.3) is 0 Å². The normalized spacial score (nSPS) is 30.1. The topological polar surface area (TPSA) is 60.3 Å². The summed E-state index contributed by atoms with van der Waals surface area (Å²) in [7, 11) is 0. The Bertz CT molecular complexity index is 977. The molecule has 1 aromatic rings. The summed E-state index contributed by atoms with van der Waals surface area (Å²) in [6, 6.07) is 4.17. The number of rotatable bonds is 12. The maximum atomic E-state index is 13.0. The largest absolute Gasteiger partial charge is 0.395 e. The van der Waals surface area contributed by atoms with Gasteiger partial charge in [-0.2, -0.15) is 4.94 Å². The summed E-state index contributed by atoms with van der Waals surface area (Å²) >= 11 is 5.22. The molecule has 5 atom stereocenters. The molecule has 4 unspecified atom stereocenters. The molecule has 2 saturated carbocycles. The Hall–Kier alpha value is -0.800. The van der Waals surface area contributed by atoms with E-state index < -0.39 is 11.9 Å². The van der Waals surface area contributed by atoms with Gasteiger partial charge in [0.05, 0.1) is 21.7 Å². The van der Waals surface area contributed by atoms with Crippen molar-refractivity contribution in [1.29, 1.82) is 0 Å². The smallest absolute Gasteiger partial charge is 0.201 e. The summed E-state index contributed by atoms with van der Waals surface area (Å²) in [6.45, 7) is 14.8. The molecule has 8 heteroatoms. The molecule has 0 saturated heterocycles. The average molecular weight is 617 g/mol. The van der Waals surface area contributed by atoms with E-state index in [1.807, 2.05) is 0 Å². The zero-order valence-corrected chi connectivity index (χ0v) is 26.6.